The van der Waals surface area contributed by atoms with E-state index in [-0.39, 0.29) is 47.9 Å². The van der Waals surface area contributed by atoms with Crippen molar-refractivity contribution in [1.82, 2.24) is 4.98 Å². The number of benzene rings is 3. The van der Waals surface area contributed by atoms with Crippen molar-refractivity contribution in [2.24, 2.45) is 10.8 Å². The molecule has 49 heavy (non-hydrogen) atoms. The number of aliphatic hydroxyl groups excluding tert-OH is 1. The molecule has 1 radical (unpaired) electrons. The molecule has 0 amide bonds. The number of carbonyl (C=O) groups excluding carboxylic acids is 1. The monoisotopic (exact) mass is 869 g/mol. The fourth-order valence-electron chi connectivity index (χ4n) is 6.33. The molecule has 3 heterocycles. The maximum Gasteiger partial charge on any atom is 0.164 e. The first-order chi connectivity index (χ1) is 22.7. The molecule has 0 spiro atoms. The molecule has 6 aromatic rings. The van der Waals surface area contributed by atoms with E-state index in [0.29, 0.717) is 0 Å². The summed E-state index contributed by atoms with van der Waals surface area (Å²) < 4.78 is 3.94. The number of carbonyl (C=O) groups is 1. The van der Waals surface area contributed by atoms with Crippen LogP contribution in [0, 0.1) is 23.8 Å². The quantitative estimate of drug-likeness (QED) is 0.0942. The molecule has 3 aromatic heterocycles. The van der Waals surface area contributed by atoms with Crippen LogP contribution in [0.5, 0.6) is 0 Å². The van der Waals surface area contributed by atoms with Crippen LogP contribution in [0.1, 0.15) is 99.1 Å². The van der Waals surface area contributed by atoms with Crippen molar-refractivity contribution >= 4 is 69.5 Å². The van der Waals surface area contributed by atoms with Gasteiger partial charge < -0.3 is 5.11 Å². The molecule has 0 unspecified atom stereocenters. The number of hydrogen-bond donors (Lipinski definition) is 1. The molecule has 0 aliphatic carbocycles. The number of nitrogens with zero attached hydrogens (tertiary/aromatic N) is 1. The summed E-state index contributed by atoms with van der Waals surface area (Å²) in [6.07, 6.45) is 6.72. The van der Waals surface area contributed by atoms with Crippen molar-refractivity contribution in [3.8, 4) is 11.3 Å². The Bertz CT molecular complexity index is 2140. The second kappa shape index (κ2) is 15.2. The number of ketones is 1. The molecule has 261 valence electrons. The van der Waals surface area contributed by atoms with E-state index in [1.807, 2.05) is 70.4 Å². The SMILES string of the molecule is CCC(C)(CC)C(=O)/C=C(\O)C(C)(CC)CC.Cc1csc2ccc3sc4c(-c5[c-]c6ccccc6c(C(C)(C)C)c5)nccc4c3c12.[Ir]. The Morgan fingerprint density at radius 3 is 2.12 bits per heavy atom. The van der Waals surface area contributed by atoms with Crippen molar-refractivity contribution in [2.75, 3.05) is 0 Å². The fourth-order valence-corrected chi connectivity index (χ4v) is 8.49. The Kier molecular flexibility index (Phi) is 12.0. The van der Waals surface area contributed by atoms with Gasteiger partial charge in [-0.3, -0.25) is 9.78 Å². The largest absolute Gasteiger partial charge is 0.512 e. The summed E-state index contributed by atoms with van der Waals surface area (Å²) in [5.74, 6) is 0.286. The van der Waals surface area contributed by atoms with Crippen LogP contribution < -0.4 is 0 Å². The van der Waals surface area contributed by atoms with E-state index < -0.39 is 0 Å². The van der Waals surface area contributed by atoms with Crippen molar-refractivity contribution in [3.63, 3.8) is 0 Å². The number of hydrogen-bond acceptors (Lipinski definition) is 5. The van der Waals surface area contributed by atoms with Crippen LogP contribution in [0.4, 0.5) is 0 Å². The minimum Gasteiger partial charge on any atom is -0.512 e. The predicted molar refractivity (Wildman–Crippen MR) is 211 cm³/mol. The van der Waals surface area contributed by atoms with Gasteiger partial charge in [-0.25, -0.2) is 0 Å². The van der Waals surface area contributed by atoms with E-state index in [0.717, 1.165) is 42.3 Å². The fraction of sp³-hybridized carbons (Fsp3) is 0.395. The van der Waals surface area contributed by atoms with E-state index in [9.17, 15) is 9.90 Å². The second-order valence-corrected chi connectivity index (χ2v) is 16.7. The van der Waals surface area contributed by atoms with E-state index in [4.69, 9.17) is 4.98 Å². The Morgan fingerprint density at radius 1 is 0.857 bits per heavy atom. The van der Waals surface area contributed by atoms with Gasteiger partial charge >= 0.3 is 0 Å². The van der Waals surface area contributed by atoms with Crippen LogP contribution in [-0.4, -0.2) is 15.9 Å². The number of aliphatic hydroxyl groups is 1. The van der Waals surface area contributed by atoms with Crippen LogP contribution >= 0.6 is 22.7 Å². The molecular weight excluding hydrogens is 819 g/mol. The van der Waals surface area contributed by atoms with E-state index in [1.54, 1.807) is 0 Å². The van der Waals surface area contributed by atoms with Gasteiger partial charge in [0.1, 0.15) is 5.76 Å². The summed E-state index contributed by atoms with van der Waals surface area (Å²) in [6.45, 7) is 21.1. The summed E-state index contributed by atoms with van der Waals surface area (Å²) in [6, 6.07) is 21.3. The molecule has 0 saturated carbocycles. The van der Waals surface area contributed by atoms with Gasteiger partial charge in [-0.2, -0.15) is 0 Å². The minimum absolute atomic E-state index is 0. The van der Waals surface area contributed by atoms with Crippen molar-refractivity contribution in [3.05, 3.63) is 89.1 Å². The Labute approximate surface area is 314 Å². The zero-order chi connectivity index (χ0) is 35.0. The topological polar surface area (TPSA) is 50.2 Å². The minimum atomic E-state index is -0.337. The van der Waals surface area contributed by atoms with Crippen molar-refractivity contribution in [2.45, 2.75) is 100 Å². The Hall–Kier alpha value is -2.89. The van der Waals surface area contributed by atoms with Gasteiger partial charge in [0.15, 0.2) is 5.78 Å². The van der Waals surface area contributed by atoms with Gasteiger partial charge in [0.05, 0.1) is 0 Å². The van der Waals surface area contributed by atoms with Crippen LogP contribution in [0.15, 0.2) is 71.9 Å². The van der Waals surface area contributed by atoms with Crippen molar-refractivity contribution in [1.29, 1.82) is 0 Å². The van der Waals surface area contributed by atoms with Crippen LogP contribution in [0.2, 0.25) is 0 Å². The van der Waals surface area contributed by atoms with Gasteiger partial charge in [-0.05, 0) is 72.6 Å². The molecule has 6 rings (SSSR count). The third-order valence-corrected chi connectivity index (χ3v) is 13.0. The standard InChI is InChI=1S/C28H22NS2.C15H28O2.Ir/c1-16-15-30-22-9-10-23-25(24(16)22)20-11-12-29-26(27(20)31-23)18-13-17-7-5-6-8-19(17)21(14-18)28(2,3)4;1-7-14(5,8-2)12(16)11-13(17)15(6,9-3)10-4;/h5-12,14-15H,1-4H3;11,16H,7-10H2,1-6H3;/q-1;;/b;12-11-;. The van der Waals surface area contributed by atoms with Crippen LogP contribution in [-0.2, 0) is 30.3 Å². The summed E-state index contributed by atoms with van der Waals surface area (Å²) in [4.78, 5) is 17.1. The summed E-state index contributed by atoms with van der Waals surface area (Å²) in [5.41, 5.74) is 4.25. The zero-order valence-corrected chi connectivity index (χ0v) is 34.7. The molecular formula is C43H50IrNO2S2-. The Morgan fingerprint density at radius 2 is 1.49 bits per heavy atom. The zero-order valence-electron chi connectivity index (χ0n) is 30.6. The second-order valence-electron chi connectivity index (χ2n) is 14.7. The molecule has 1 N–H and O–H groups in total. The van der Waals surface area contributed by atoms with Gasteiger partial charge in [-0.15, -0.1) is 51.8 Å². The first-order valence-electron chi connectivity index (χ1n) is 17.3. The summed E-state index contributed by atoms with van der Waals surface area (Å²) >= 11 is 3.68. The van der Waals surface area contributed by atoms with Gasteiger partial charge in [0.25, 0.3) is 0 Å². The molecule has 3 nitrogen and oxygen atoms in total. The smallest absolute Gasteiger partial charge is 0.164 e. The maximum absolute atomic E-state index is 12.2. The Balaban J connectivity index is 0.000000260. The molecule has 3 aromatic carbocycles. The molecule has 0 aliphatic heterocycles. The molecule has 0 saturated heterocycles. The predicted octanol–water partition coefficient (Wildman–Crippen LogP) is 13.5. The van der Waals surface area contributed by atoms with Gasteiger partial charge in [0, 0.05) is 73.8 Å². The van der Waals surface area contributed by atoms with Gasteiger partial charge in [0.2, 0.25) is 0 Å². The third kappa shape index (κ3) is 7.45. The van der Waals surface area contributed by atoms with E-state index in [2.05, 4.69) is 87.7 Å². The molecule has 0 fully saturated rings. The maximum atomic E-state index is 12.2. The summed E-state index contributed by atoms with van der Waals surface area (Å²) in [5, 5.41) is 18.9. The summed E-state index contributed by atoms with van der Waals surface area (Å²) in [7, 11) is 0. The van der Waals surface area contributed by atoms with Crippen molar-refractivity contribution < 1.29 is 30.0 Å². The van der Waals surface area contributed by atoms with E-state index >= 15 is 0 Å². The van der Waals surface area contributed by atoms with E-state index in [1.165, 1.54) is 52.8 Å². The number of rotatable bonds is 8. The van der Waals surface area contributed by atoms with Gasteiger partial charge in [-0.1, -0.05) is 91.5 Å². The number of aromatic nitrogens is 1. The average molecular weight is 869 g/mol. The normalized spacial score (nSPS) is 12.7. The molecule has 6 heteroatoms. The number of fused-ring (bicyclic) bond motifs is 6. The first kappa shape index (κ1) is 38.9. The molecule has 0 atom stereocenters. The third-order valence-electron chi connectivity index (χ3n) is 10.7. The number of thiophene rings is 2. The number of allylic oxidation sites excluding steroid dienone is 2. The van der Waals surface area contributed by atoms with Crippen LogP contribution in [0.3, 0.4) is 0 Å². The first-order valence-corrected chi connectivity index (χ1v) is 19.0. The van der Waals surface area contributed by atoms with Crippen LogP contribution in [0.25, 0.3) is 52.3 Å². The molecule has 0 aliphatic rings. The number of pyridine rings is 1. The average Bonchev–Trinajstić information content (AvgIpc) is 3.66. The molecule has 0 bridgehead atoms. The number of aryl methyl sites for hydroxylation is 1.